The molecule has 0 radical (unpaired) electrons. The molecule has 0 atom stereocenters. The third-order valence-corrected chi connectivity index (χ3v) is 5.33. The van der Waals surface area contributed by atoms with Gasteiger partial charge in [0.25, 0.3) is 10.0 Å². The molecule has 0 aliphatic carbocycles. The van der Waals surface area contributed by atoms with E-state index >= 15 is 0 Å². The first-order valence-electron chi connectivity index (χ1n) is 6.73. The molecule has 5 nitrogen and oxygen atoms in total. The van der Waals surface area contributed by atoms with Gasteiger partial charge in [-0.25, -0.2) is 12.7 Å². The summed E-state index contributed by atoms with van der Waals surface area (Å²) in [4.78, 5) is 12.0. The van der Waals surface area contributed by atoms with Crippen molar-refractivity contribution >= 4 is 33.2 Å². The first kappa shape index (κ1) is 17.3. The first-order valence-corrected chi connectivity index (χ1v) is 8.55. The summed E-state index contributed by atoms with van der Waals surface area (Å²) in [5, 5.41) is 0.218. The highest BCUT2D eigenvalue weighted by Gasteiger charge is 2.29. The predicted molar refractivity (Wildman–Crippen MR) is 89.5 cm³/mol. The molecule has 0 N–H and O–H groups in total. The van der Waals surface area contributed by atoms with Crippen molar-refractivity contribution in [2.75, 3.05) is 11.4 Å². The molecule has 0 saturated heterocycles. The fourth-order valence-corrected chi connectivity index (χ4v) is 3.76. The van der Waals surface area contributed by atoms with Gasteiger partial charge in [-0.3, -0.25) is 4.79 Å². The van der Waals surface area contributed by atoms with E-state index in [0.29, 0.717) is 5.75 Å². The van der Waals surface area contributed by atoms with Gasteiger partial charge >= 0.3 is 0 Å². The molecular formula is C16H16ClNO4S. The number of carbonyl (C=O) groups is 1. The summed E-state index contributed by atoms with van der Waals surface area (Å²) in [6.07, 6.45) is 0. The number of benzene rings is 2. The second-order valence-electron chi connectivity index (χ2n) is 4.92. The van der Waals surface area contributed by atoms with Gasteiger partial charge in [0.1, 0.15) is 5.75 Å². The maximum atomic E-state index is 12.8. The summed E-state index contributed by atoms with van der Waals surface area (Å²) in [5.41, 5.74) is 1.08. The molecule has 0 aliphatic heterocycles. The van der Waals surface area contributed by atoms with Gasteiger partial charge in [0.05, 0.1) is 22.7 Å². The van der Waals surface area contributed by atoms with Crippen LogP contribution < -0.4 is 9.04 Å². The summed E-state index contributed by atoms with van der Waals surface area (Å²) in [6, 6.07) is 10.6. The van der Waals surface area contributed by atoms with E-state index in [0.717, 1.165) is 9.87 Å². The summed E-state index contributed by atoms with van der Waals surface area (Å²) in [7, 11) is -2.57. The number of anilines is 1. The normalized spacial score (nSPS) is 11.1. The monoisotopic (exact) mass is 353 g/mol. The second kappa shape index (κ2) is 6.60. The smallest absolute Gasteiger partial charge is 0.270 e. The molecule has 7 heteroatoms. The number of halogens is 1. The Bertz CT molecular complexity index is 832. The largest absolute Gasteiger partial charge is 0.495 e. The van der Waals surface area contributed by atoms with Crippen LogP contribution in [-0.4, -0.2) is 21.4 Å². The van der Waals surface area contributed by atoms with E-state index in [4.69, 9.17) is 16.3 Å². The number of hydrogen-bond acceptors (Lipinski definition) is 4. The third kappa shape index (κ3) is 3.48. The van der Waals surface area contributed by atoms with Crippen molar-refractivity contribution in [2.45, 2.75) is 18.7 Å². The zero-order valence-corrected chi connectivity index (χ0v) is 14.5. The molecule has 0 fully saturated rings. The van der Waals surface area contributed by atoms with Crippen molar-refractivity contribution in [1.82, 2.24) is 0 Å². The number of amides is 1. The third-order valence-electron chi connectivity index (χ3n) is 3.22. The molecule has 0 aromatic heterocycles. The molecule has 1 amide bonds. The number of aryl methyl sites for hydroxylation is 1. The standard InChI is InChI=1S/C16H16ClNO4S/c1-11-4-7-14(8-5-11)23(20,21)18(12(2)19)13-6-9-16(22-3)15(17)10-13/h4-10H,1-3H3. The van der Waals surface area contributed by atoms with Crippen LogP contribution in [0, 0.1) is 6.92 Å². The fourth-order valence-electron chi connectivity index (χ4n) is 2.09. The molecule has 122 valence electrons. The van der Waals surface area contributed by atoms with Gasteiger partial charge in [0.2, 0.25) is 5.91 Å². The molecule has 0 unspecified atom stereocenters. The van der Waals surface area contributed by atoms with Crippen LogP contribution >= 0.6 is 11.6 Å². The molecule has 0 spiro atoms. The average molecular weight is 354 g/mol. The van der Waals surface area contributed by atoms with E-state index in [1.807, 2.05) is 6.92 Å². The van der Waals surface area contributed by atoms with Crippen LogP contribution in [0.2, 0.25) is 5.02 Å². The van der Waals surface area contributed by atoms with Crippen molar-refractivity contribution in [1.29, 1.82) is 0 Å². The summed E-state index contributed by atoms with van der Waals surface area (Å²) < 4.78 is 31.3. The van der Waals surface area contributed by atoms with Crippen molar-refractivity contribution in [3.63, 3.8) is 0 Å². The maximum Gasteiger partial charge on any atom is 0.270 e. The zero-order valence-electron chi connectivity index (χ0n) is 12.9. The van der Waals surface area contributed by atoms with Gasteiger partial charge in [-0.1, -0.05) is 29.3 Å². The topological polar surface area (TPSA) is 63.7 Å². The van der Waals surface area contributed by atoms with Crippen molar-refractivity contribution in [3.05, 3.63) is 53.1 Å². The van der Waals surface area contributed by atoms with E-state index in [-0.39, 0.29) is 15.6 Å². The lowest BCUT2D eigenvalue weighted by Gasteiger charge is -2.21. The summed E-state index contributed by atoms with van der Waals surface area (Å²) >= 11 is 6.04. The number of nitrogens with zero attached hydrogens (tertiary/aromatic N) is 1. The van der Waals surface area contributed by atoms with Crippen molar-refractivity contribution in [2.24, 2.45) is 0 Å². The summed E-state index contributed by atoms with van der Waals surface area (Å²) in [6.45, 7) is 3.03. The average Bonchev–Trinajstić information content (AvgIpc) is 2.47. The van der Waals surface area contributed by atoms with Gasteiger partial charge in [0, 0.05) is 6.92 Å². The number of hydrogen-bond donors (Lipinski definition) is 0. The van der Waals surface area contributed by atoms with Crippen molar-refractivity contribution < 1.29 is 17.9 Å². The Balaban J connectivity index is 2.56. The van der Waals surface area contributed by atoms with Crippen molar-refractivity contribution in [3.8, 4) is 5.75 Å². The maximum absolute atomic E-state index is 12.8. The van der Waals surface area contributed by atoms with Crippen LogP contribution in [0.15, 0.2) is 47.4 Å². The molecule has 0 saturated carbocycles. The molecule has 2 aromatic carbocycles. The van der Waals surface area contributed by atoms with E-state index < -0.39 is 15.9 Å². The van der Waals surface area contributed by atoms with Crippen LogP contribution in [0.1, 0.15) is 12.5 Å². The second-order valence-corrected chi connectivity index (χ2v) is 7.11. The van der Waals surface area contributed by atoms with Gasteiger partial charge in [0.15, 0.2) is 0 Å². The molecule has 0 bridgehead atoms. The number of rotatable bonds is 4. The highest BCUT2D eigenvalue weighted by atomic mass is 35.5. The van der Waals surface area contributed by atoms with Gasteiger partial charge < -0.3 is 4.74 Å². The molecular weight excluding hydrogens is 338 g/mol. The summed E-state index contributed by atoms with van der Waals surface area (Å²) in [5.74, 6) is -0.238. The quantitative estimate of drug-likeness (QED) is 0.845. The van der Waals surface area contributed by atoms with Crippen LogP contribution in [-0.2, 0) is 14.8 Å². The Kier molecular flexibility index (Phi) is 4.97. The first-order chi connectivity index (χ1) is 10.8. The Labute approximate surface area is 140 Å². The zero-order chi connectivity index (χ0) is 17.2. The molecule has 23 heavy (non-hydrogen) atoms. The molecule has 2 aromatic rings. The fraction of sp³-hybridized carbons (Fsp3) is 0.188. The molecule has 0 heterocycles. The Morgan fingerprint density at radius 3 is 2.22 bits per heavy atom. The minimum absolute atomic E-state index is 0.0326. The minimum Gasteiger partial charge on any atom is -0.495 e. The van der Waals surface area contributed by atoms with Crippen LogP contribution in [0.5, 0.6) is 5.75 Å². The van der Waals surface area contributed by atoms with Gasteiger partial charge in [-0.2, -0.15) is 0 Å². The Morgan fingerprint density at radius 2 is 1.74 bits per heavy atom. The number of ether oxygens (including phenoxy) is 1. The number of methoxy groups -OCH3 is 1. The number of sulfonamides is 1. The van der Waals surface area contributed by atoms with E-state index in [2.05, 4.69) is 0 Å². The highest BCUT2D eigenvalue weighted by molar-refractivity contribution is 7.93. The predicted octanol–water partition coefficient (Wildman–Crippen LogP) is 3.40. The van der Waals surface area contributed by atoms with E-state index in [1.54, 1.807) is 12.1 Å². The van der Waals surface area contributed by atoms with Gasteiger partial charge in [-0.05, 0) is 37.3 Å². The van der Waals surface area contributed by atoms with E-state index in [9.17, 15) is 13.2 Å². The number of carbonyl (C=O) groups excluding carboxylic acids is 1. The van der Waals surface area contributed by atoms with Gasteiger partial charge in [-0.15, -0.1) is 0 Å². The van der Waals surface area contributed by atoms with Crippen LogP contribution in [0.3, 0.4) is 0 Å². The minimum atomic E-state index is -4.02. The Hall–Kier alpha value is -2.05. The highest BCUT2D eigenvalue weighted by Crippen LogP contribution is 2.32. The SMILES string of the molecule is COc1ccc(N(C(C)=O)S(=O)(=O)c2ccc(C)cc2)cc1Cl. The lowest BCUT2D eigenvalue weighted by atomic mass is 10.2. The van der Waals surface area contributed by atoms with Crippen LogP contribution in [0.25, 0.3) is 0 Å². The molecule has 2 rings (SSSR count). The van der Waals surface area contributed by atoms with E-state index in [1.165, 1.54) is 44.4 Å². The van der Waals surface area contributed by atoms with Crippen LogP contribution in [0.4, 0.5) is 5.69 Å². The molecule has 0 aliphatic rings. The lowest BCUT2D eigenvalue weighted by molar-refractivity contribution is -0.115. The Morgan fingerprint density at radius 1 is 1.13 bits per heavy atom. The lowest BCUT2D eigenvalue weighted by Crippen LogP contribution is -2.35.